The molecule has 0 spiro atoms. The van der Waals surface area contributed by atoms with Gasteiger partial charge in [0, 0.05) is 36.2 Å². The van der Waals surface area contributed by atoms with Gasteiger partial charge in [-0.2, -0.15) is 0 Å². The van der Waals surface area contributed by atoms with Crippen LogP contribution in [-0.4, -0.2) is 42.9 Å². The third kappa shape index (κ3) is 2.00. The highest BCUT2D eigenvalue weighted by Crippen LogP contribution is 2.30. The lowest BCUT2D eigenvalue weighted by Crippen LogP contribution is -2.55. The van der Waals surface area contributed by atoms with E-state index < -0.39 is 0 Å². The first kappa shape index (κ1) is 11.2. The minimum absolute atomic E-state index is 0.554. The van der Waals surface area contributed by atoms with E-state index in [9.17, 15) is 4.79 Å². The van der Waals surface area contributed by atoms with Crippen molar-refractivity contribution in [3.05, 3.63) is 16.3 Å². The van der Waals surface area contributed by atoms with Gasteiger partial charge >= 0.3 is 0 Å². The van der Waals surface area contributed by atoms with Crippen molar-refractivity contribution in [1.29, 1.82) is 0 Å². The highest BCUT2D eigenvalue weighted by atomic mass is 32.1. The molecule has 0 saturated carbocycles. The average molecular weight is 250 g/mol. The number of carbonyl (C=O) groups excluding carboxylic acids is 1. The molecule has 0 aliphatic carbocycles. The zero-order valence-electron chi connectivity index (χ0n) is 10.1. The van der Waals surface area contributed by atoms with Crippen LogP contribution in [0, 0.1) is 0 Å². The molecular formula is C13H18N2OS. The lowest BCUT2D eigenvalue weighted by molar-refractivity contribution is 0.112. The highest BCUT2D eigenvalue weighted by Gasteiger charge is 2.34. The summed E-state index contributed by atoms with van der Waals surface area (Å²) in [4.78, 5) is 16.7. The minimum Gasteiger partial charge on any atom is -0.365 e. The molecule has 0 radical (unpaired) electrons. The van der Waals surface area contributed by atoms with Gasteiger partial charge < -0.3 is 4.90 Å². The molecule has 0 N–H and O–H groups in total. The molecule has 3 rings (SSSR count). The summed E-state index contributed by atoms with van der Waals surface area (Å²) in [6, 6.07) is 3.31. The van der Waals surface area contributed by atoms with Gasteiger partial charge in [0.15, 0.2) is 6.29 Å². The fourth-order valence-corrected chi connectivity index (χ4v) is 3.81. The molecule has 0 bridgehead atoms. The van der Waals surface area contributed by atoms with Crippen molar-refractivity contribution in [2.45, 2.75) is 31.8 Å². The number of nitrogens with zero attached hydrogens (tertiary/aromatic N) is 2. The molecule has 2 atom stereocenters. The first-order chi connectivity index (χ1) is 8.28. The van der Waals surface area contributed by atoms with E-state index in [1.54, 1.807) is 11.3 Å². The van der Waals surface area contributed by atoms with Crippen LogP contribution < -0.4 is 4.90 Å². The van der Waals surface area contributed by atoms with Gasteiger partial charge in [0.2, 0.25) is 0 Å². The van der Waals surface area contributed by atoms with Gasteiger partial charge in [-0.25, -0.2) is 0 Å². The third-order valence-electron chi connectivity index (χ3n) is 3.99. The second-order valence-electron chi connectivity index (χ2n) is 5.12. The molecule has 2 fully saturated rings. The Morgan fingerprint density at radius 1 is 1.47 bits per heavy atom. The first-order valence-corrected chi connectivity index (χ1v) is 7.20. The van der Waals surface area contributed by atoms with Crippen LogP contribution in [0.4, 0.5) is 5.69 Å². The van der Waals surface area contributed by atoms with Crippen LogP contribution in [0.25, 0.3) is 0 Å². The summed E-state index contributed by atoms with van der Waals surface area (Å²) in [5, 5.41) is 2.12. The molecule has 1 aromatic rings. The summed E-state index contributed by atoms with van der Waals surface area (Å²) in [5.41, 5.74) is 1.23. The largest absolute Gasteiger partial charge is 0.365 e. The Balaban J connectivity index is 1.80. The molecule has 3 nitrogen and oxygen atoms in total. The minimum atomic E-state index is 0.554. The predicted octanol–water partition coefficient (Wildman–Crippen LogP) is 2.23. The number of hydrogen-bond donors (Lipinski definition) is 0. The van der Waals surface area contributed by atoms with Crippen molar-refractivity contribution in [3.8, 4) is 0 Å². The number of piperazine rings is 1. The van der Waals surface area contributed by atoms with Crippen LogP contribution in [0.1, 0.15) is 29.4 Å². The third-order valence-corrected chi connectivity index (χ3v) is 4.84. The van der Waals surface area contributed by atoms with Gasteiger partial charge in [-0.15, -0.1) is 11.3 Å². The molecule has 17 heavy (non-hydrogen) atoms. The monoisotopic (exact) mass is 250 g/mol. The SMILES string of the molecule is CC1CN2CCCC2CN1c1csc(C=O)c1. The van der Waals surface area contributed by atoms with E-state index in [1.165, 1.54) is 25.1 Å². The summed E-state index contributed by atoms with van der Waals surface area (Å²) in [7, 11) is 0. The van der Waals surface area contributed by atoms with Crippen molar-refractivity contribution in [2.75, 3.05) is 24.5 Å². The molecule has 2 aliphatic rings. The number of rotatable bonds is 2. The van der Waals surface area contributed by atoms with Crippen molar-refractivity contribution >= 4 is 23.3 Å². The Morgan fingerprint density at radius 2 is 2.35 bits per heavy atom. The second-order valence-corrected chi connectivity index (χ2v) is 6.06. The zero-order chi connectivity index (χ0) is 11.8. The van der Waals surface area contributed by atoms with Gasteiger partial charge in [-0.05, 0) is 32.4 Å². The molecule has 1 aromatic heterocycles. The maximum atomic E-state index is 10.8. The summed E-state index contributed by atoms with van der Waals surface area (Å²) in [6.07, 6.45) is 3.62. The van der Waals surface area contributed by atoms with E-state index in [-0.39, 0.29) is 0 Å². The van der Waals surface area contributed by atoms with E-state index in [0.717, 1.165) is 30.3 Å². The second kappa shape index (κ2) is 4.42. The maximum absolute atomic E-state index is 10.8. The molecule has 2 aliphatic heterocycles. The van der Waals surface area contributed by atoms with Gasteiger partial charge in [0.05, 0.1) is 4.88 Å². The Morgan fingerprint density at radius 3 is 3.12 bits per heavy atom. The number of carbonyl (C=O) groups is 1. The Bertz CT molecular complexity index is 417. The van der Waals surface area contributed by atoms with Crippen LogP contribution in [0.2, 0.25) is 0 Å². The standard InChI is InChI=1S/C13H18N2OS/c1-10-6-14-4-2-3-11(14)7-15(10)12-5-13(8-16)17-9-12/h5,8-11H,2-4,6-7H2,1H3. The maximum Gasteiger partial charge on any atom is 0.160 e. The van der Waals surface area contributed by atoms with E-state index in [4.69, 9.17) is 0 Å². The predicted molar refractivity (Wildman–Crippen MR) is 71.1 cm³/mol. The smallest absolute Gasteiger partial charge is 0.160 e. The average Bonchev–Trinajstić information content (AvgIpc) is 2.94. The lowest BCUT2D eigenvalue weighted by Gasteiger charge is -2.43. The molecule has 4 heteroatoms. The molecule has 0 aromatic carbocycles. The molecule has 3 heterocycles. The topological polar surface area (TPSA) is 23.6 Å². The number of thiophene rings is 1. The van der Waals surface area contributed by atoms with Crippen LogP contribution in [0.15, 0.2) is 11.4 Å². The van der Waals surface area contributed by atoms with Gasteiger partial charge in [-0.1, -0.05) is 0 Å². The molecule has 92 valence electrons. The number of aldehydes is 1. The fourth-order valence-electron chi connectivity index (χ4n) is 3.10. The van der Waals surface area contributed by atoms with Crippen molar-refractivity contribution in [1.82, 2.24) is 4.90 Å². The first-order valence-electron chi connectivity index (χ1n) is 6.32. The molecule has 2 unspecified atom stereocenters. The Hall–Kier alpha value is -0.870. The summed E-state index contributed by atoms with van der Waals surface area (Å²) < 4.78 is 0. The zero-order valence-corrected chi connectivity index (χ0v) is 10.9. The van der Waals surface area contributed by atoms with Gasteiger partial charge in [-0.3, -0.25) is 9.69 Å². The Labute approximate surface area is 106 Å². The fraction of sp³-hybridized carbons (Fsp3) is 0.615. The Kier molecular flexibility index (Phi) is 2.92. The number of fused-ring (bicyclic) bond motifs is 1. The van der Waals surface area contributed by atoms with Crippen molar-refractivity contribution in [2.24, 2.45) is 0 Å². The molecule has 0 amide bonds. The van der Waals surface area contributed by atoms with E-state index >= 15 is 0 Å². The normalized spacial score (nSPS) is 29.4. The van der Waals surface area contributed by atoms with Crippen molar-refractivity contribution in [3.63, 3.8) is 0 Å². The quantitative estimate of drug-likeness (QED) is 0.752. The highest BCUT2D eigenvalue weighted by molar-refractivity contribution is 7.12. The number of hydrogen-bond acceptors (Lipinski definition) is 4. The van der Waals surface area contributed by atoms with Crippen LogP contribution in [-0.2, 0) is 0 Å². The van der Waals surface area contributed by atoms with Crippen molar-refractivity contribution < 1.29 is 4.79 Å². The van der Waals surface area contributed by atoms with Crippen LogP contribution >= 0.6 is 11.3 Å². The summed E-state index contributed by atoms with van der Waals surface area (Å²) in [5.74, 6) is 0. The van der Waals surface area contributed by atoms with Gasteiger partial charge in [0.1, 0.15) is 0 Å². The van der Waals surface area contributed by atoms with E-state index in [2.05, 4.69) is 22.1 Å². The van der Waals surface area contributed by atoms with Crippen LogP contribution in [0.5, 0.6) is 0 Å². The summed E-state index contributed by atoms with van der Waals surface area (Å²) >= 11 is 1.55. The van der Waals surface area contributed by atoms with Gasteiger partial charge in [0.25, 0.3) is 0 Å². The number of anilines is 1. The van der Waals surface area contributed by atoms with Crippen LogP contribution in [0.3, 0.4) is 0 Å². The van der Waals surface area contributed by atoms with E-state index in [1.807, 2.05) is 6.07 Å². The molecular weight excluding hydrogens is 232 g/mol. The van der Waals surface area contributed by atoms with E-state index in [0.29, 0.717) is 6.04 Å². The summed E-state index contributed by atoms with van der Waals surface area (Å²) in [6.45, 7) is 5.84. The molecule has 2 saturated heterocycles. The lowest BCUT2D eigenvalue weighted by atomic mass is 10.1.